The Morgan fingerprint density at radius 1 is 1.32 bits per heavy atom. The van der Waals surface area contributed by atoms with Crippen LogP contribution in [0.1, 0.15) is 20.8 Å². The van der Waals surface area contributed by atoms with Crippen LogP contribution < -0.4 is 16.4 Å². The summed E-state index contributed by atoms with van der Waals surface area (Å²) in [5.41, 5.74) is 6.19. The predicted octanol–water partition coefficient (Wildman–Crippen LogP) is 1.50. The number of benzene rings is 1. The molecule has 0 aliphatic rings. The van der Waals surface area contributed by atoms with Gasteiger partial charge in [-0.1, -0.05) is 0 Å². The molecule has 19 heavy (non-hydrogen) atoms. The van der Waals surface area contributed by atoms with Crippen LogP contribution in [-0.4, -0.2) is 22.9 Å². The lowest BCUT2D eigenvalue weighted by Gasteiger charge is -2.17. The zero-order valence-corrected chi connectivity index (χ0v) is 11.1. The highest BCUT2D eigenvalue weighted by Gasteiger charge is 2.15. The number of rotatable bonds is 5. The van der Waals surface area contributed by atoms with Crippen LogP contribution >= 0.6 is 0 Å². The summed E-state index contributed by atoms with van der Waals surface area (Å²) >= 11 is 0. The van der Waals surface area contributed by atoms with E-state index in [1.54, 1.807) is 13.0 Å². The van der Waals surface area contributed by atoms with Crippen molar-refractivity contribution < 1.29 is 9.72 Å². The second-order valence-corrected chi connectivity index (χ2v) is 4.60. The minimum absolute atomic E-state index is 0.0342. The Balaban J connectivity index is 2.81. The van der Waals surface area contributed by atoms with E-state index in [0.29, 0.717) is 5.69 Å². The van der Waals surface area contributed by atoms with E-state index in [1.165, 1.54) is 12.1 Å². The van der Waals surface area contributed by atoms with Crippen molar-refractivity contribution in [2.45, 2.75) is 32.9 Å². The van der Waals surface area contributed by atoms with Crippen molar-refractivity contribution in [2.24, 2.45) is 0 Å². The molecule has 0 heterocycles. The number of amides is 1. The van der Waals surface area contributed by atoms with Gasteiger partial charge in [0.15, 0.2) is 0 Å². The molecule has 1 unspecified atom stereocenters. The van der Waals surface area contributed by atoms with Crippen molar-refractivity contribution >= 4 is 23.0 Å². The Hall–Kier alpha value is -2.31. The summed E-state index contributed by atoms with van der Waals surface area (Å²) in [6, 6.07) is 3.68. The minimum atomic E-state index is -0.527. The Kier molecular flexibility index (Phi) is 4.68. The van der Waals surface area contributed by atoms with Crippen LogP contribution in [0, 0.1) is 10.1 Å². The Morgan fingerprint density at radius 2 is 1.95 bits per heavy atom. The largest absolute Gasteiger partial charge is 0.398 e. The van der Waals surface area contributed by atoms with Crippen molar-refractivity contribution in [1.82, 2.24) is 5.32 Å². The van der Waals surface area contributed by atoms with Crippen molar-refractivity contribution in [1.29, 1.82) is 0 Å². The van der Waals surface area contributed by atoms with E-state index >= 15 is 0 Å². The molecule has 7 heteroatoms. The topological polar surface area (TPSA) is 110 Å². The molecule has 0 saturated heterocycles. The molecule has 0 aliphatic heterocycles. The number of nitro benzene ring substituents is 1. The zero-order chi connectivity index (χ0) is 14.6. The number of carbonyl (C=O) groups excluding carboxylic acids is 1. The van der Waals surface area contributed by atoms with Gasteiger partial charge in [0.1, 0.15) is 6.04 Å². The van der Waals surface area contributed by atoms with E-state index in [4.69, 9.17) is 5.73 Å². The van der Waals surface area contributed by atoms with Crippen molar-refractivity contribution in [2.75, 3.05) is 11.1 Å². The van der Waals surface area contributed by atoms with Crippen molar-refractivity contribution in [3.8, 4) is 0 Å². The number of hydrogen-bond donors (Lipinski definition) is 3. The molecular formula is C12H18N4O3. The summed E-state index contributed by atoms with van der Waals surface area (Å²) in [5.74, 6) is -0.180. The van der Waals surface area contributed by atoms with Gasteiger partial charge >= 0.3 is 0 Å². The van der Waals surface area contributed by atoms with Crippen molar-refractivity contribution in [3.05, 3.63) is 28.3 Å². The molecule has 1 rings (SSSR count). The first-order valence-corrected chi connectivity index (χ1v) is 5.91. The fraction of sp³-hybridized carbons (Fsp3) is 0.417. The summed E-state index contributed by atoms with van der Waals surface area (Å²) in [4.78, 5) is 21.9. The van der Waals surface area contributed by atoms with Crippen LogP contribution in [0.25, 0.3) is 0 Å². The summed E-state index contributed by atoms with van der Waals surface area (Å²) in [6.45, 7) is 5.39. The number of hydrogen-bond acceptors (Lipinski definition) is 5. The minimum Gasteiger partial charge on any atom is -0.398 e. The van der Waals surface area contributed by atoms with Gasteiger partial charge < -0.3 is 16.4 Å². The molecule has 1 aromatic carbocycles. The highest BCUT2D eigenvalue weighted by atomic mass is 16.6. The fourth-order valence-electron chi connectivity index (χ4n) is 1.55. The average Bonchev–Trinajstić information content (AvgIpc) is 2.26. The van der Waals surface area contributed by atoms with Crippen LogP contribution in [0.5, 0.6) is 0 Å². The third-order valence-corrected chi connectivity index (χ3v) is 2.36. The molecule has 0 saturated carbocycles. The van der Waals surface area contributed by atoms with Crippen LogP contribution in [-0.2, 0) is 4.79 Å². The Morgan fingerprint density at radius 3 is 2.47 bits per heavy atom. The van der Waals surface area contributed by atoms with Crippen molar-refractivity contribution in [3.63, 3.8) is 0 Å². The Labute approximate surface area is 111 Å². The van der Waals surface area contributed by atoms with Crippen LogP contribution in [0.3, 0.4) is 0 Å². The monoisotopic (exact) mass is 266 g/mol. The van der Waals surface area contributed by atoms with Gasteiger partial charge in [0.05, 0.1) is 4.92 Å². The highest BCUT2D eigenvalue weighted by molar-refractivity contribution is 5.84. The summed E-state index contributed by atoms with van der Waals surface area (Å²) in [5, 5.41) is 16.3. The first-order valence-electron chi connectivity index (χ1n) is 5.91. The van der Waals surface area contributed by atoms with Crippen LogP contribution in [0.4, 0.5) is 17.1 Å². The molecule has 1 aromatic rings. The zero-order valence-electron chi connectivity index (χ0n) is 11.1. The quantitative estimate of drug-likeness (QED) is 0.425. The number of nitrogens with two attached hydrogens (primary N) is 1. The number of anilines is 2. The van der Waals surface area contributed by atoms with Gasteiger partial charge in [-0.3, -0.25) is 14.9 Å². The fourth-order valence-corrected chi connectivity index (χ4v) is 1.55. The first-order chi connectivity index (χ1) is 8.79. The normalized spacial score (nSPS) is 12.0. The lowest BCUT2D eigenvalue weighted by Crippen LogP contribution is -2.40. The summed E-state index contributed by atoms with van der Waals surface area (Å²) < 4.78 is 0. The van der Waals surface area contributed by atoms with Gasteiger partial charge in [-0.25, -0.2) is 0 Å². The van der Waals surface area contributed by atoms with Gasteiger partial charge in [0, 0.05) is 29.5 Å². The Bertz CT molecular complexity index is 488. The first kappa shape index (κ1) is 14.7. The molecular weight excluding hydrogens is 248 g/mol. The number of nitrogens with zero attached hydrogens (tertiary/aromatic N) is 1. The second kappa shape index (κ2) is 6.03. The molecule has 0 aromatic heterocycles. The highest BCUT2D eigenvalue weighted by Crippen LogP contribution is 2.22. The number of nitrogen functional groups attached to an aromatic ring is 1. The lowest BCUT2D eigenvalue weighted by molar-refractivity contribution is -0.384. The van der Waals surface area contributed by atoms with E-state index in [1.807, 2.05) is 13.8 Å². The third kappa shape index (κ3) is 4.46. The molecule has 1 atom stereocenters. The van der Waals surface area contributed by atoms with Crippen LogP contribution in [0.2, 0.25) is 0 Å². The van der Waals surface area contributed by atoms with Gasteiger partial charge in [-0.05, 0) is 26.8 Å². The molecule has 104 valence electrons. The predicted molar refractivity (Wildman–Crippen MR) is 73.9 cm³/mol. The molecule has 1 amide bonds. The number of non-ortho nitro benzene ring substituents is 1. The number of nitro groups is 1. The second-order valence-electron chi connectivity index (χ2n) is 4.60. The summed E-state index contributed by atoms with van der Waals surface area (Å²) in [6.07, 6.45) is 0. The van der Waals surface area contributed by atoms with Gasteiger partial charge in [0.25, 0.3) is 5.69 Å². The maximum Gasteiger partial charge on any atom is 0.273 e. The lowest BCUT2D eigenvalue weighted by atomic mass is 10.2. The molecule has 0 spiro atoms. The van der Waals surface area contributed by atoms with E-state index in [9.17, 15) is 14.9 Å². The molecule has 7 nitrogen and oxygen atoms in total. The standard InChI is InChI=1S/C12H18N4O3/c1-7(2)14-12(17)8(3)15-10-4-9(13)5-11(6-10)16(18)19/h4-8,15H,13H2,1-3H3,(H,14,17). The van der Waals surface area contributed by atoms with Gasteiger partial charge in [-0.15, -0.1) is 0 Å². The maximum atomic E-state index is 11.7. The van der Waals surface area contributed by atoms with E-state index in [-0.39, 0.29) is 23.3 Å². The number of nitrogens with one attached hydrogen (secondary N) is 2. The van der Waals surface area contributed by atoms with E-state index < -0.39 is 11.0 Å². The molecule has 4 N–H and O–H groups in total. The molecule has 0 radical (unpaired) electrons. The number of carbonyl (C=O) groups is 1. The maximum absolute atomic E-state index is 11.7. The van der Waals surface area contributed by atoms with Crippen LogP contribution in [0.15, 0.2) is 18.2 Å². The summed E-state index contributed by atoms with van der Waals surface area (Å²) in [7, 11) is 0. The average molecular weight is 266 g/mol. The smallest absolute Gasteiger partial charge is 0.273 e. The van der Waals surface area contributed by atoms with Gasteiger partial charge in [-0.2, -0.15) is 0 Å². The SMILES string of the molecule is CC(C)NC(=O)C(C)Nc1cc(N)cc([N+](=O)[O-])c1. The van der Waals surface area contributed by atoms with E-state index in [0.717, 1.165) is 0 Å². The molecule has 0 aliphatic carbocycles. The van der Waals surface area contributed by atoms with Gasteiger partial charge in [0.2, 0.25) is 5.91 Å². The van der Waals surface area contributed by atoms with E-state index in [2.05, 4.69) is 10.6 Å². The third-order valence-electron chi connectivity index (χ3n) is 2.36. The molecule has 0 bridgehead atoms. The molecule has 0 fully saturated rings.